The number of fused-ring (bicyclic) bond motifs is 1. The second kappa shape index (κ2) is 6.94. The molecule has 5 heteroatoms. The van der Waals surface area contributed by atoms with Gasteiger partial charge >= 0.3 is 0 Å². The van der Waals surface area contributed by atoms with Gasteiger partial charge in [-0.2, -0.15) is 0 Å². The highest BCUT2D eigenvalue weighted by Gasteiger charge is 2.22. The van der Waals surface area contributed by atoms with Gasteiger partial charge in [-0.15, -0.1) is 11.8 Å². The molecule has 0 unspecified atom stereocenters. The Bertz CT molecular complexity index is 660. The number of nitrogens with zero attached hydrogens (tertiary/aromatic N) is 2. The van der Waals surface area contributed by atoms with Gasteiger partial charge in [-0.3, -0.25) is 9.78 Å². The molecule has 1 aromatic heterocycles. The maximum Gasteiger partial charge on any atom is 0.237 e. The molecule has 1 aromatic carbocycles. The molecule has 2 N–H and O–H groups in total. The lowest BCUT2D eigenvalue weighted by Gasteiger charge is -2.30. The maximum absolute atomic E-state index is 12.6. The normalized spacial score (nSPS) is 13.8. The number of nitrogens with two attached hydrogens (primary N) is 1. The van der Waals surface area contributed by atoms with Gasteiger partial charge in [0.1, 0.15) is 0 Å². The second-order valence-electron chi connectivity index (χ2n) is 5.29. The van der Waals surface area contributed by atoms with Gasteiger partial charge in [0.05, 0.1) is 5.75 Å². The zero-order chi connectivity index (χ0) is 15.4. The second-order valence-corrected chi connectivity index (χ2v) is 6.34. The fourth-order valence-electron chi connectivity index (χ4n) is 2.69. The van der Waals surface area contributed by atoms with Gasteiger partial charge in [0, 0.05) is 36.1 Å². The summed E-state index contributed by atoms with van der Waals surface area (Å²) in [7, 11) is 0. The van der Waals surface area contributed by atoms with Crippen molar-refractivity contribution in [3.8, 4) is 0 Å². The number of hydrogen-bond donors (Lipinski definition) is 1. The Morgan fingerprint density at radius 1 is 1.27 bits per heavy atom. The van der Waals surface area contributed by atoms with E-state index in [1.807, 2.05) is 29.2 Å². The number of thioether (sulfide) groups is 1. The molecular formula is C17H19N3OS. The van der Waals surface area contributed by atoms with Crippen LogP contribution in [0.3, 0.4) is 0 Å². The Balaban J connectivity index is 1.72. The van der Waals surface area contributed by atoms with Crippen LogP contribution < -0.4 is 10.6 Å². The van der Waals surface area contributed by atoms with E-state index in [1.54, 1.807) is 24.2 Å². The number of pyridine rings is 1. The molecule has 114 valence electrons. The molecule has 0 radical (unpaired) electrons. The highest BCUT2D eigenvalue weighted by Crippen LogP contribution is 2.29. The van der Waals surface area contributed by atoms with E-state index in [0.717, 1.165) is 35.5 Å². The van der Waals surface area contributed by atoms with Gasteiger partial charge in [0.15, 0.2) is 0 Å². The lowest BCUT2D eigenvalue weighted by molar-refractivity contribution is -0.116. The van der Waals surface area contributed by atoms with Crippen molar-refractivity contribution in [1.29, 1.82) is 0 Å². The molecule has 0 spiro atoms. The first-order valence-corrected chi connectivity index (χ1v) is 8.41. The van der Waals surface area contributed by atoms with Gasteiger partial charge in [-0.25, -0.2) is 0 Å². The van der Waals surface area contributed by atoms with Crippen LogP contribution in [0.2, 0.25) is 0 Å². The largest absolute Gasteiger partial charge is 0.326 e. The van der Waals surface area contributed by atoms with E-state index < -0.39 is 0 Å². The molecule has 0 atom stereocenters. The van der Waals surface area contributed by atoms with Crippen molar-refractivity contribution < 1.29 is 4.79 Å². The molecule has 1 aliphatic rings. The van der Waals surface area contributed by atoms with Gasteiger partial charge in [-0.05, 0) is 42.2 Å². The van der Waals surface area contributed by atoms with E-state index in [2.05, 4.69) is 11.1 Å². The summed E-state index contributed by atoms with van der Waals surface area (Å²) >= 11 is 1.55. The van der Waals surface area contributed by atoms with E-state index >= 15 is 0 Å². The third kappa shape index (κ3) is 3.31. The molecule has 1 amide bonds. The molecule has 0 bridgehead atoms. The van der Waals surface area contributed by atoms with E-state index in [0.29, 0.717) is 12.3 Å². The Kier molecular flexibility index (Phi) is 4.75. The van der Waals surface area contributed by atoms with E-state index in [9.17, 15) is 4.79 Å². The summed E-state index contributed by atoms with van der Waals surface area (Å²) in [4.78, 5) is 19.5. The number of aryl methyl sites for hydroxylation is 1. The van der Waals surface area contributed by atoms with Crippen molar-refractivity contribution in [2.24, 2.45) is 5.73 Å². The van der Waals surface area contributed by atoms with Crippen molar-refractivity contribution in [2.45, 2.75) is 24.3 Å². The lowest BCUT2D eigenvalue weighted by atomic mass is 9.99. The van der Waals surface area contributed by atoms with Crippen molar-refractivity contribution in [1.82, 2.24) is 4.98 Å². The standard InChI is InChI=1S/C17H19N3OS/c18-11-13-3-4-16-14(10-13)2-1-9-20(16)17(21)12-22-15-5-7-19-8-6-15/h3-8,10H,1-2,9,11-12,18H2. The average Bonchev–Trinajstić information content (AvgIpc) is 2.59. The molecule has 0 aliphatic carbocycles. The number of aromatic nitrogens is 1. The first-order valence-electron chi connectivity index (χ1n) is 7.43. The van der Waals surface area contributed by atoms with Crippen LogP contribution in [-0.2, 0) is 17.8 Å². The summed E-state index contributed by atoms with van der Waals surface area (Å²) in [5.41, 5.74) is 9.10. The first-order chi connectivity index (χ1) is 10.8. The lowest BCUT2D eigenvalue weighted by Crippen LogP contribution is -2.36. The van der Waals surface area contributed by atoms with Crippen LogP contribution in [0.5, 0.6) is 0 Å². The number of amides is 1. The zero-order valence-electron chi connectivity index (χ0n) is 12.4. The number of carbonyl (C=O) groups is 1. The van der Waals surface area contributed by atoms with Crippen molar-refractivity contribution in [2.75, 3.05) is 17.2 Å². The molecule has 0 fully saturated rings. The third-order valence-electron chi connectivity index (χ3n) is 3.81. The van der Waals surface area contributed by atoms with Crippen molar-refractivity contribution in [3.63, 3.8) is 0 Å². The minimum Gasteiger partial charge on any atom is -0.326 e. The summed E-state index contributed by atoms with van der Waals surface area (Å²) in [6.07, 6.45) is 5.52. The van der Waals surface area contributed by atoms with Crippen LogP contribution in [0, 0.1) is 0 Å². The molecule has 1 aliphatic heterocycles. The summed E-state index contributed by atoms with van der Waals surface area (Å²) in [6, 6.07) is 10.0. The minimum atomic E-state index is 0.156. The summed E-state index contributed by atoms with van der Waals surface area (Å²) < 4.78 is 0. The smallest absolute Gasteiger partial charge is 0.237 e. The van der Waals surface area contributed by atoms with E-state index in [4.69, 9.17) is 5.73 Å². The van der Waals surface area contributed by atoms with Crippen LogP contribution in [0.1, 0.15) is 17.5 Å². The first kappa shape index (κ1) is 15.1. The Morgan fingerprint density at radius 2 is 2.09 bits per heavy atom. The summed E-state index contributed by atoms with van der Waals surface area (Å²) in [6.45, 7) is 1.34. The number of benzene rings is 1. The molecule has 0 saturated heterocycles. The SMILES string of the molecule is NCc1ccc2c(c1)CCCN2C(=O)CSc1ccncc1. The van der Waals surface area contributed by atoms with Gasteiger partial charge in [0.25, 0.3) is 0 Å². The highest BCUT2D eigenvalue weighted by molar-refractivity contribution is 8.00. The summed E-state index contributed by atoms with van der Waals surface area (Å²) in [5, 5.41) is 0. The van der Waals surface area contributed by atoms with Crippen LogP contribution in [0.25, 0.3) is 0 Å². The Hall–Kier alpha value is -1.85. The van der Waals surface area contributed by atoms with Crippen molar-refractivity contribution in [3.05, 3.63) is 53.9 Å². The quantitative estimate of drug-likeness (QED) is 0.882. The van der Waals surface area contributed by atoms with E-state index in [1.165, 1.54) is 5.56 Å². The average molecular weight is 313 g/mol. The predicted octanol–water partition coefficient (Wildman–Crippen LogP) is 2.61. The monoisotopic (exact) mass is 313 g/mol. The fraction of sp³-hybridized carbons (Fsp3) is 0.294. The molecule has 0 saturated carbocycles. The fourth-order valence-corrected chi connectivity index (χ4v) is 3.45. The zero-order valence-corrected chi connectivity index (χ0v) is 13.2. The number of hydrogen-bond acceptors (Lipinski definition) is 4. The topological polar surface area (TPSA) is 59.2 Å². The molecule has 2 heterocycles. The number of anilines is 1. The maximum atomic E-state index is 12.6. The van der Waals surface area contributed by atoms with Crippen LogP contribution in [-0.4, -0.2) is 23.2 Å². The molecule has 4 nitrogen and oxygen atoms in total. The van der Waals surface area contributed by atoms with E-state index in [-0.39, 0.29) is 5.91 Å². The van der Waals surface area contributed by atoms with Crippen molar-refractivity contribution >= 4 is 23.4 Å². The molecule has 2 aromatic rings. The predicted molar refractivity (Wildman–Crippen MR) is 90.0 cm³/mol. The number of rotatable bonds is 4. The number of carbonyl (C=O) groups excluding carboxylic acids is 1. The van der Waals surface area contributed by atoms with Gasteiger partial charge in [0.2, 0.25) is 5.91 Å². The molecule has 22 heavy (non-hydrogen) atoms. The van der Waals surface area contributed by atoms with Crippen LogP contribution >= 0.6 is 11.8 Å². The minimum absolute atomic E-state index is 0.156. The third-order valence-corrected chi connectivity index (χ3v) is 4.81. The Morgan fingerprint density at radius 3 is 2.86 bits per heavy atom. The van der Waals surface area contributed by atoms with Gasteiger partial charge in [-0.1, -0.05) is 12.1 Å². The van der Waals surface area contributed by atoms with Crippen LogP contribution in [0.15, 0.2) is 47.6 Å². The highest BCUT2D eigenvalue weighted by atomic mass is 32.2. The van der Waals surface area contributed by atoms with Crippen LogP contribution in [0.4, 0.5) is 5.69 Å². The molecular weight excluding hydrogens is 294 g/mol. The molecule has 3 rings (SSSR count). The van der Waals surface area contributed by atoms with Gasteiger partial charge < -0.3 is 10.6 Å². The Labute approximate surface area is 134 Å². The summed E-state index contributed by atoms with van der Waals surface area (Å²) in [5.74, 6) is 0.602.